The van der Waals surface area contributed by atoms with E-state index >= 15 is 0 Å². The van der Waals surface area contributed by atoms with Crippen LogP contribution in [0.3, 0.4) is 0 Å². The first kappa shape index (κ1) is 16.3. The number of nitrogens with zero attached hydrogens (tertiary/aromatic N) is 2. The lowest BCUT2D eigenvalue weighted by atomic mass is 10.1. The van der Waals surface area contributed by atoms with E-state index in [-0.39, 0.29) is 11.9 Å². The quantitative estimate of drug-likeness (QED) is 0.846. The van der Waals surface area contributed by atoms with Crippen LogP contribution in [-0.4, -0.2) is 47.0 Å². The van der Waals surface area contributed by atoms with Gasteiger partial charge in [0.2, 0.25) is 0 Å². The Balaban J connectivity index is 1.92. The Kier molecular flexibility index (Phi) is 5.67. The first-order chi connectivity index (χ1) is 10.0. The number of benzene rings is 1. The van der Waals surface area contributed by atoms with Gasteiger partial charge in [-0.2, -0.15) is 0 Å². The number of rotatable bonds is 5. The van der Waals surface area contributed by atoms with E-state index in [1.54, 1.807) is 6.07 Å². The third-order valence-electron chi connectivity index (χ3n) is 4.27. The normalized spacial score (nSPS) is 18.6. The summed E-state index contributed by atoms with van der Waals surface area (Å²) in [5.41, 5.74) is 8.03. The highest BCUT2D eigenvalue weighted by molar-refractivity contribution is 7.80. The smallest absolute Gasteiger partial charge is 0.123 e. The van der Waals surface area contributed by atoms with Gasteiger partial charge in [-0.1, -0.05) is 25.2 Å². The van der Waals surface area contributed by atoms with Crippen LogP contribution < -0.4 is 5.73 Å². The highest BCUT2D eigenvalue weighted by Crippen LogP contribution is 2.16. The number of hydrogen-bond donors (Lipinski definition) is 1. The van der Waals surface area contributed by atoms with Crippen molar-refractivity contribution in [1.29, 1.82) is 0 Å². The van der Waals surface area contributed by atoms with Crippen molar-refractivity contribution in [1.82, 2.24) is 9.80 Å². The summed E-state index contributed by atoms with van der Waals surface area (Å²) in [6, 6.07) is 5.22. The van der Waals surface area contributed by atoms with Gasteiger partial charge >= 0.3 is 0 Å². The van der Waals surface area contributed by atoms with E-state index < -0.39 is 0 Å². The van der Waals surface area contributed by atoms with Gasteiger partial charge in [0.25, 0.3) is 0 Å². The molecule has 0 radical (unpaired) electrons. The van der Waals surface area contributed by atoms with Gasteiger partial charge in [-0.25, -0.2) is 4.39 Å². The van der Waals surface area contributed by atoms with Crippen LogP contribution in [-0.2, 0) is 6.54 Å². The molecule has 2 rings (SSSR count). The van der Waals surface area contributed by atoms with E-state index in [2.05, 4.69) is 16.7 Å². The number of hydrogen-bond acceptors (Lipinski definition) is 3. The van der Waals surface area contributed by atoms with E-state index in [4.69, 9.17) is 18.0 Å². The molecule has 0 amide bonds. The van der Waals surface area contributed by atoms with Gasteiger partial charge < -0.3 is 5.73 Å². The monoisotopic (exact) mass is 309 g/mol. The molecule has 5 heteroatoms. The fourth-order valence-corrected chi connectivity index (χ4v) is 3.24. The largest absolute Gasteiger partial charge is 0.392 e. The summed E-state index contributed by atoms with van der Waals surface area (Å²) in [5, 5.41) is 0. The highest BCUT2D eigenvalue weighted by Gasteiger charge is 2.24. The molecule has 116 valence electrons. The molecule has 1 heterocycles. The van der Waals surface area contributed by atoms with Crippen molar-refractivity contribution in [2.24, 2.45) is 5.73 Å². The van der Waals surface area contributed by atoms with Crippen LogP contribution in [0.1, 0.15) is 24.5 Å². The Morgan fingerprint density at radius 3 is 2.57 bits per heavy atom. The predicted molar refractivity (Wildman–Crippen MR) is 88.9 cm³/mol. The molecule has 1 fully saturated rings. The number of piperazine rings is 1. The summed E-state index contributed by atoms with van der Waals surface area (Å²) >= 11 is 5.14. The third kappa shape index (κ3) is 4.22. The number of thiocarbonyl (C=S) groups is 1. The third-order valence-corrected chi connectivity index (χ3v) is 4.54. The topological polar surface area (TPSA) is 32.5 Å². The lowest BCUT2D eigenvalue weighted by molar-refractivity contribution is 0.111. The Morgan fingerprint density at radius 1 is 1.33 bits per heavy atom. The van der Waals surface area contributed by atoms with Crippen molar-refractivity contribution in [3.05, 3.63) is 35.1 Å². The summed E-state index contributed by atoms with van der Waals surface area (Å²) in [4.78, 5) is 5.31. The summed E-state index contributed by atoms with van der Waals surface area (Å²) in [5.74, 6) is -0.159. The maximum atomic E-state index is 13.3. The standard InChI is InChI=1S/C16H24FN3S/c1-3-15(16(18)21)20-8-6-19(7-9-20)11-13-10-14(17)5-4-12(13)2/h4-5,10,15H,3,6-9,11H2,1-2H3,(H2,18,21). The molecule has 0 aliphatic carbocycles. The van der Waals surface area contributed by atoms with Crippen molar-refractivity contribution in [2.45, 2.75) is 32.9 Å². The summed E-state index contributed by atoms with van der Waals surface area (Å²) in [6.45, 7) is 8.82. The van der Waals surface area contributed by atoms with Gasteiger partial charge in [0, 0.05) is 32.7 Å². The fraction of sp³-hybridized carbons (Fsp3) is 0.562. The zero-order valence-corrected chi connectivity index (χ0v) is 13.6. The van der Waals surface area contributed by atoms with Crippen LogP contribution in [0.2, 0.25) is 0 Å². The second-order valence-corrected chi connectivity index (χ2v) is 6.18. The van der Waals surface area contributed by atoms with Gasteiger partial charge in [0.1, 0.15) is 5.82 Å². The summed E-state index contributed by atoms with van der Waals surface area (Å²) < 4.78 is 13.3. The van der Waals surface area contributed by atoms with Crippen molar-refractivity contribution >= 4 is 17.2 Å². The van der Waals surface area contributed by atoms with Crippen LogP contribution in [0.15, 0.2) is 18.2 Å². The van der Waals surface area contributed by atoms with Crippen LogP contribution in [0.4, 0.5) is 4.39 Å². The van der Waals surface area contributed by atoms with E-state index in [1.807, 2.05) is 13.0 Å². The Morgan fingerprint density at radius 2 is 2.00 bits per heavy atom. The van der Waals surface area contributed by atoms with Crippen LogP contribution in [0.25, 0.3) is 0 Å². The first-order valence-electron chi connectivity index (χ1n) is 7.52. The fourth-order valence-electron chi connectivity index (χ4n) is 2.92. The number of nitrogens with two attached hydrogens (primary N) is 1. The first-order valence-corrected chi connectivity index (χ1v) is 7.92. The molecule has 21 heavy (non-hydrogen) atoms. The van der Waals surface area contributed by atoms with Gasteiger partial charge in [0.05, 0.1) is 11.0 Å². The van der Waals surface area contributed by atoms with Crippen LogP contribution in [0.5, 0.6) is 0 Å². The minimum Gasteiger partial charge on any atom is -0.392 e. The van der Waals surface area contributed by atoms with Gasteiger partial charge in [-0.3, -0.25) is 9.80 Å². The molecule has 0 spiro atoms. The molecule has 1 aliphatic heterocycles. The minimum atomic E-state index is -0.159. The maximum absolute atomic E-state index is 13.3. The molecule has 1 saturated heterocycles. The predicted octanol–water partition coefficient (Wildman–Crippen LogP) is 2.32. The van der Waals surface area contributed by atoms with Crippen molar-refractivity contribution in [3.8, 4) is 0 Å². The van der Waals surface area contributed by atoms with E-state index in [0.717, 1.165) is 50.3 Å². The molecule has 0 aromatic heterocycles. The zero-order valence-electron chi connectivity index (χ0n) is 12.8. The molecule has 3 nitrogen and oxygen atoms in total. The van der Waals surface area contributed by atoms with Crippen molar-refractivity contribution < 1.29 is 4.39 Å². The molecule has 0 saturated carbocycles. The Hall–Kier alpha value is -1.04. The minimum absolute atomic E-state index is 0.159. The van der Waals surface area contributed by atoms with E-state index in [9.17, 15) is 4.39 Å². The SMILES string of the molecule is CCC(C(N)=S)N1CCN(Cc2cc(F)ccc2C)CC1. The summed E-state index contributed by atoms with van der Waals surface area (Å²) in [7, 11) is 0. The molecule has 1 aromatic carbocycles. The zero-order chi connectivity index (χ0) is 15.4. The molecular weight excluding hydrogens is 285 g/mol. The second-order valence-electron chi connectivity index (χ2n) is 5.71. The second kappa shape index (κ2) is 7.29. The highest BCUT2D eigenvalue weighted by atomic mass is 32.1. The average Bonchev–Trinajstić information content (AvgIpc) is 2.45. The van der Waals surface area contributed by atoms with Crippen molar-refractivity contribution in [2.75, 3.05) is 26.2 Å². The molecule has 1 aliphatic rings. The Bertz CT molecular complexity index is 498. The van der Waals surface area contributed by atoms with Crippen LogP contribution in [0, 0.1) is 12.7 Å². The van der Waals surface area contributed by atoms with Crippen molar-refractivity contribution in [3.63, 3.8) is 0 Å². The number of aryl methyl sites for hydroxylation is 1. The molecule has 1 atom stereocenters. The average molecular weight is 309 g/mol. The molecule has 2 N–H and O–H groups in total. The van der Waals surface area contributed by atoms with Gasteiger partial charge in [0.15, 0.2) is 0 Å². The number of halogens is 1. The lowest BCUT2D eigenvalue weighted by Gasteiger charge is -2.38. The Labute approximate surface area is 131 Å². The van der Waals surface area contributed by atoms with Gasteiger partial charge in [-0.15, -0.1) is 0 Å². The van der Waals surface area contributed by atoms with E-state index in [0.29, 0.717) is 4.99 Å². The van der Waals surface area contributed by atoms with Gasteiger partial charge in [-0.05, 0) is 36.6 Å². The molecular formula is C16H24FN3S. The van der Waals surface area contributed by atoms with Crippen LogP contribution >= 0.6 is 12.2 Å². The molecule has 1 unspecified atom stereocenters. The summed E-state index contributed by atoms with van der Waals surface area (Å²) in [6.07, 6.45) is 0.957. The molecule has 0 bridgehead atoms. The lowest BCUT2D eigenvalue weighted by Crippen LogP contribution is -2.53. The maximum Gasteiger partial charge on any atom is 0.123 e. The molecule has 1 aromatic rings. The van der Waals surface area contributed by atoms with E-state index in [1.165, 1.54) is 6.07 Å².